The molecule has 620 valence electrons. The number of esters is 1. The van der Waals surface area contributed by atoms with Crippen LogP contribution in [0, 0.1) is 46.5 Å². The van der Waals surface area contributed by atoms with Gasteiger partial charge in [0.25, 0.3) is 10.0 Å². The van der Waals surface area contributed by atoms with Crippen LogP contribution in [0.5, 0.6) is 5.75 Å². The summed E-state index contributed by atoms with van der Waals surface area (Å²) in [6.45, 7) is 17.9. The summed E-state index contributed by atoms with van der Waals surface area (Å²) in [5.74, 6) is -11.6. The van der Waals surface area contributed by atoms with Crippen molar-refractivity contribution in [3.63, 3.8) is 0 Å². The van der Waals surface area contributed by atoms with Crippen molar-refractivity contribution in [2.75, 3.05) is 46.4 Å². The number of hydrogen-bond acceptors (Lipinski definition) is 20. The number of piperidine rings is 1. The molecule has 4 aliphatic rings. The number of nitrogens with one attached hydrogen (secondary N) is 9. The first-order valence-corrected chi connectivity index (χ1v) is 39.4. The van der Waals surface area contributed by atoms with Crippen molar-refractivity contribution in [3.8, 4) is 5.75 Å². The number of likely N-dealkylation sites (tertiary alicyclic amines) is 1. The van der Waals surface area contributed by atoms with Gasteiger partial charge in [-0.05, 0) is 161 Å². The highest BCUT2D eigenvalue weighted by molar-refractivity contribution is 7.90. The van der Waals surface area contributed by atoms with Crippen molar-refractivity contribution < 1.29 is 90.1 Å². The monoisotopic (exact) mass is 1600 g/mol. The maximum Gasteiger partial charge on any atom is 0.410 e. The molecule has 3 aromatic rings. The lowest BCUT2D eigenvalue weighted by Gasteiger charge is -2.42. The second kappa shape index (κ2) is 40.6. The van der Waals surface area contributed by atoms with Gasteiger partial charge in [0.1, 0.15) is 52.2 Å². The Labute approximate surface area is 659 Å². The Morgan fingerprint density at radius 2 is 1.02 bits per heavy atom. The minimum Gasteiger partial charge on any atom is -0.496 e. The predicted molar refractivity (Wildman–Crippen MR) is 417 cm³/mol. The highest BCUT2D eigenvalue weighted by atomic mass is 32.2. The van der Waals surface area contributed by atoms with E-state index in [0.29, 0.717) is 60.1 Å². The maximum absolute atomic E-state index is 14.7. The van der Waals surface area contributed by atoms with E-state index in [1.807, 2.05) is 50.2 Å². The molecule has 4 fully saturated rings. The van der Waals surface area contributed by atoms with Crippen molar-refractivity contribution in [1.82, 2.24) is 52.2 Å². The van der Waals surface area contributed by atoms with E-state index in [2.05, 4.69) is 57.2 Å². The number of amides is 9. The molecule has 0 radical (unpaired) electrons. The number of nitrogens with zero attached hydrogens (tertiary/aromatic N) is 3. The number of carboxylic acids is 1. The summed E-state index contributed by atoms with van der Waals surface area (Å²) in [5, 5.41) is 31.2. The lowest BCUT2D eigenvalue weighted by Crippen LogP contribution is -2.67. The standard InChI is InChI=1S/C48H70N8O12S.C30H43N7O7/c1-28-14-16-32(17-15-28)24-36-42(61)54-48(18-21-56(22-19-48)45(63)68-47(8,9)10)43(62)53-35(41(60)51-27-34(57)25-33(40(59)52-36)26-38(58)67-46(5,6)7)13-12-20-50-44(49)55-69(64,65)39-29(2)23-37(66-11)30(3)31(39)4;1-18-7-9-19(10-8-18)14-23-27(43)37-30(11-3-2-4-12-30)28(44)36-22(6-5-13-33-29(31)32)26(42)34-17-21(38)15-20(16-24(39)40)25(41)35-23/h14-17,23,33,35-36H,12-13,18-22,24-27H2,1-11H3,(H,51,60)(H,52,59)(H,53,62)(H,54,61)(H3,49,50,55);7-10,20,22-23H,2-6,11-17H2,1H3,(H,34,42)(H,35,41)(H,36,44)(H,37,43)(H,39,40)(H4,31,32,33)/t33-,35-,36+;20-,22-,23+/m00/s1. The number of hydrogen-bond donors (Lipinski definition) is 13. The lowest BCUT2D eigenvalue weighted by atomic mass is 9.80. The number of aliphatic imine (C=N–C) groups is 2. The second-order valence-corrected chi connectivity index (χ2v) is 33.0. The largest absolute Gasteiger partial charge is 0.496 e. The third kappa shape index (κ3) is 28.1. The van der Waals surface area contributed by atoms with E-state index >= 15 is 0 Å². The Morgan fingerprint density at radius 1 is 0.575 bits per heavy atom. The minimum absolute atomic E-state index is 0.0130. The smallest absolute Gasteiger partial charge is 0.410 e. The fourth-order valence-corrected chi connectivity index (χ4v) is 15.0. The fraction of sp³-hybridized carbons (Fsp3) is 0.577. The second-order valence-electron chi connectivity index (χ2n) is 31.4. The molecule has 6 atom stereocenters. The first-order chi connectivity index (χ1) is 52.9. The lowest BCUT2D eigenvalue weighted by molar-refractivity contribution is -0.157. The van der Waals surface area contributed by atoms with Gasteiger partial charge in [0, 0.05) is 51.9 Å². The summed E-state index contributed by atoms with van der Waals surface area (Å²) in [7, 11) is -2.71. The molecular formula is C78H113N15O19S. The zero-order valence-corrected chi connectivity index (χ0v) is 67.5. The molecule has 35 heteroatoms. The number of aryl methyl sites for hydroxylation is 3. The number of ketones is 2. The number of methoxy groups -OCH3 is 1. The van der Waals surface area contributed by atoms with Gasteiger partial charge in [-0.2, -0.15) is 0 Å². The van der Waals surface area contributed by atoms with E-state index in [1.54, 1.807) is 80.5 Å². The van der Waals surface area contributed by atoms with Gasteiger partial charge in [-0.3, -0.25) is 67.5 Å². The number of sulfonamides is 1. The number of aliphatic carboxylic acids is 1. The average molecular weight is 1600 g/mol. The Kier molecular flexibility index (Phi) is 32.8. The molecule has 7 rings (SSSR count). The third-order valence-electron chi connectivity index (χ3n) is 19.6. The molecule has 0 bridgehead atoms. The fourth-order valence-electron chi connectivity index (χ4n) is 13.6. The molecule has 3 aliphatic heterocycles. The Bertz CT molecular complexity index is 4160. The summed E-state index contributed by atoms with van der Waals surface area (Å²) in [6.07, 6.45) is 0.221. The van der Waals surface area contributed by atoms with E-state index in [-0.39, 0.29) is 82.0 Å². The number of ether oxygens (including phenoxy) is 3. The van der Waals surface area contributed by atoms with Gasteiger partial charge in [0.15, 0.2) is 17.5 Å². The zero-order valence-electron chi connectivity index (χ0n) is 66.7. The average Bonchev–Trinajstić information content (AvgIpc) is 1.09. The van der Waals surface area contributed by atoms with Crippen LogP contribution in [0.1, 0.15) is 177 Å². The molecule has 0 aromatic heterocycles. The Morgan fingerprint density at radius 3 is 1.45 bits per heavy atom. The molecule has 113 heavy (non-hydrogen) atoms. The van der Waals surface area contributed by atoms with Crippen molar-refractivity contribution in [2.24, 2.45) is 39.0 Å². The van der Waals surface area contributed by atoms with E-state index in [1.165, 1.54) is 12.0 Å². The summed E-state index contributed by atoms with van der Waals surface area (Å²) < 4.78 is 45.7. The molecule has 1 saturated carbocycles. The van der Waals surface area contributed by atoms with Crippen LogP contribution < -0.4 is 69.2 Å². The van der Waals surface area contributed by atoms with Gasteiger partial charge >= 0.3 is 18.0 Å². The summed E-state index contributed by atoms with van der Waals surface area (Å²) in [5.41, 5.74) is 16.9. The molecule has 0 unspecified atom stereocenters. The first kappa shape index (κ1) is 91.1. The quantitative estimate of drug-likeness (QED) is 0.0355. The highest BCUT2D eigenvalue weighted by Gasteiger charge is 2.48. The number of guanidine groups is 2. The van der Waals surface area contributed by atoms with Crippen molar-refractivity contribution >= 4 is 98.8 Å². The van der Waals surface area contributed by atoms with Crippen LogP contribution in [0.15, 0.2) is 69.5 Å². The van der Waals surface area contributed by atoms with Crippen LogP contribution in [-0.2, 0) is 89.9 Å². The molecule has 16 N–H and O–H groups in total. The molecule has 9 amide bonds. The van der Waals surface area contributed by atoms with Crippen molar-refractivity contribution in [1.29, 1.82) is 0 Å². The van der Waals surface area contributed by atoms with Crippen LogP contribution in [0.3, 0.4) is 0 Å². The first-order valence-electron chi connectivity index (χ1n) is 37.9. The van der Waals surface area contributed by atoms with Gasteiger partial charge in [-0.1, -0.05) is 78.9 Å². The Hall–Kier alpha value is -10.7. The van der Waals surface area contributed by atoms with Crippen LogP contribution >= 0.6 is 0 Å². The minimum atomic E-state index is -4.20. The normalized spacial score (nSPS) is 21.3. The van der Waals surface area contributed by atoms with E-state index in [9.17, 15) is 75.9 Å². The van der Waals surface area contributed by atoms with Crippen LogP contribution in [0.4, 0.5) is 4.79 Å². The summed E-state index contributed by atoms with van der Waals surface area (Å²) in [4.78, 5) is 186. The van der Waals surface area contributed by atoms with E-state index in [0.717, 1.165) is 23.1 Å². The molecular weight excluding hydrogens is 1480 g/mol. The van der Waals surface area contributed by atoms with Crippen molar-refractivity contribution in [3.05, 3.63) is 93.5 Å². The molecule has 2 spiro atoms. The van der Waals surface area contributed by atoms with E-state index in [4.69, 9.17) is 31.4 Å². The highest BCUT2D eigenvalue weighted by Crippen LogP contribution is 2.33. The molecule has 34 nitrogen and oxygen atoms in total. The van der Waals surface area contributed by atoms with E-state index < -0.39 is 190 Å². The SMILES string of the molecule is COc1cc(C)c(S(=O)(=O)NC(N)=NCCC[C@@H]2NC(=O)C3(CCN(C(=O)OC(C)(C)C)CC3)NC(=O)[C@@H](Cc3ccc(C)cc3)NC(=O)[C@H](CC(=O)OC(C)(C)C)CC(=O)CNC2=O)c(C)c1C.Cc1ccc(C[C@H]2NC(=O)[C@H](CC(=O)O)CC(=O)CNC(=O)[C@H](CCCN=C(N)N)NC(=O)C3(CCCCC3)NC2=O)cc1. The summed E-state index contributed by atoms with van der Waals surface area (Å²) >= 11 is 0. The number of nitrogens with two attached hydrogens (primary N) is 3. The maximum atomic E-state index is 14.7. The molecule has 3 aromatic carbocycles. The van der Waals surface area contributed by atoms with Crippen LogP contribution in [-0.4, -0.2) is 200 Å². The van der Waals surface area contributed by atoms with Crippen LogP contribution in [0.25, 0.3) is 0 Å². The number of rotatable bonds is 19. The molecule has 3 heterocycles. The molecule has 3 saturated heterocycles. The molecule has 1 aliphatic carbocycles. The van der Waals surface area contributed by atoms with Gasteiger partial charge in [0.2, 0.25) is 53.2 Å². The number of carbonyl (C=O) groups excluding carboxylic acids is 12. The zero-order chi connectivity index (χ0) is 83.9. The number of carbonyl (C=O) groups is 13. The number of Topliss-reactive ketones (excluding diaryl/α,β-unsaturated/α-hetero) is 2. The van der Waals surface area contributed by atoms with Gasteiger partial charge in [0.05, 0.1) is 49.8 Å². The number of carboxylic acid groups (broad SMARTS) is 1. The van der Waals surface area contributed by atoms with Gasteiger partial charge in [-0.25, -0.2) is 17.9 Å². The van der Waals surface area contributed by atoms with Crippen LogP contribution in [0.2, 0.25) is 0 Å². The topological polar surface area (TPSA) is 518 Å². The van der Waals surface area contributed by atoms with Gasteiger partial charge in [-0.15, -0.1) is 0 Å². The third-order valence-corrected chi connectivity index (χ3v) is 21.3. The Balaban J connectivity index is 0.000000388. The number of benzene rings is 3. The summed E-state index contributed by atoms with van der Waals surface area (Å²) in [6, 6.07) is 11.3. The van der Waals surface area contributed by atoms with Crippen molar-refractivity contribution in [2.45, 2.75) is 237 Å². The van der Waals surface area contributed by atoms with Gasteiger partial charge < -0.3 is 84.0 Å². The predicted octanol–water partition coefficient (Wildman–Crippen LogP) is 2.40.